The highest BCUT2D eigenvalue weighted by Gasteiger charge is 2.36. The Hall–Kier alpha value is -2.78. The van der Waals surface area contributed by atoms with Crippen molar-refractivity contribution in [2.45, 2.75) is 37.5 Å². The number of sulfonamides is 1. The highest BCUT2D eigenvalue weighted by molar-refractivity contribution is 7.89. The molecule has 164 valence electrons. The third-order valence-corrected chi connectivity index (χ3v) is 7.98. The number of nitrogens with zero attached hydrogens (tertiary/aromatic N) is 3. The van der Waals surface area contributed by atoms with Crippen LogP contribution in [0.3, 0.4) is 0 Å². The van der Waals surface area contributed by atoms with Gasteiger partial charge < -0.3 is 4.90 Å². The van der Waals surface area contributed by atoms with Gasteiger partial charge in [-0.15, -0.1) is 0 Å². The maximum Gasteiger partial charge on any atom is 0.269 e. The topological polar surface area (TPSA) is 101 Å². The van der Waals surface area contributed by atoms with Crippen LogP contribution >= 0.6 is 0 Å². The minimum Gasteiger partial charge on any atom is -0.312 e. The number of hydrogen-bond donors (Lipinski definition) is 0. The van der Waals surface area contributed by atoms with Crippen molar-refractivity contribution in [2.75, 3.05) is 24.5 Å². The number of fused-ring (bicyclic) bond motifs is 1. The summed E-state index contributed by atoms with van der Waals surface area (Å²) in [7, 11) is -3.83. The Morgan fingerprint density at radius 1 is 1.10 bits per heavy atom. The van der Waals surface area contributed by atoms with Gasteiger partial charge in [0.2, 0.25) is 15.9 Å². The lowest BCUT2D eigenvalue weighted by Crippen LogP contribution is -2.48. The van der Waals surface area contributed by atoms with Crippen LogP contribution < -0.4 is 4.90 Å². The minimum atomic E-state index is -3.83. The van der Waals surface area contributed by atoms with Crippen molar-refractivity contribution in [3.63, 3.8) is 0 Å². The van der Waals surface area contributed by atoms with Crippen molar-refractivity contribution in [2.24, 2.45) is 5.92 Å². The predicted molar refractivity (Wildman–Crippen MR) is 116 cm³/mol. The van der Waals surface area contributed by atoms with Crippen molar-refractivity contribution in [1.82, 2.24) is 4.31 Å². The molecule has 0 radical (unpaired) electrons. The van der Waals surface area contributed by atoms with Crippen molar-refractivity contribution in [3.05, 3.63) is 63.7 Å². The second-order valence-corrected chi connectivity index (χ2v) is 10.1. The van der Waals surface area contributed by atoms with Crippen LogP contribution in [0.2, 0.25) is 0 Å². The summed E-state index contributed by atoms with van der Waals surface area (Å²) in [6.45, 7) is 3.09. The maximum absolute atomic E-state index is 13.4. The lowest BCUT2D eigenvalue weighted by Gasteiger charge is -2.37. The molecule has 1 unspecified atom stereocenters. The summed E-state index contributed by atoms with van der Waals surface area (Å²) >= 11 is 0. The molecule has 0 saturated carbocycles. The van der Waals surface area contributed by atoms with Gasteiger partial charge in [0.15, 0.2) is 0 Å². The van der Waals surface area contributed by atoms with Crippen LogP contribution in [-0.2, 0) is 21.2 Å². The zero-order chi connectivity index (χ0) is 22.2. The first-order chi connectivity index (χ1) is 14.8. The molecule has 31 heavy (non-hydrogen) atoms. The summed E-state index contributed by atoms with van der Waals surface area (Å²) in [6.07, 6.45) is 3.06. The number of aryl methyl sites for hydroxylation is 2. The smallest absolute Gasteiger partial charge is 0.269 e. The van der Waals surface area contributed by atoms with E-state index in [0.29, 0.717) is 25.9 Å². The largest absolute Gasteiger partial charge is 0.312 e. The zero-order valence-corrected chi connectivity index (χ0v) is 18.2. The number of non-ortho nitro benzene ring substituents is 1. The number of rotatable bonds is 4. The second kappa shape index (κ2) is 8.39. The van der Waals surface area contributed by atoms with Crippen LogP contribution in [0, 0.1) is 23.0 Å². The van der Waals surface area contributed by atoms with E-state index in [-0.39, 0.29) is 23.0 Å². The standard InChI is InChI=1S/C22H25N3O5S/c1-16-5-2-6-17-7-4-14-24(21(16)17)22(26)18-8-3-13-23(15-18)31(29,30)20-11-9-19(10-12-20)25(27)28/h2,5-6,9-12,18H,3-4,7-8,13-15H2,1H3. The zero-order valence-electron chi connectivity index (χ0n) is 17.4. The number of para-hydroxylation sites is 1. The summed E-state index contributed by atoms with van der Waals surface area (Å²) in [4.78, 5) is 25.5. The number of anilines is 1. The average Bonchev–Trinajstić information content (AvgIpc) is 2.78. The van der Waals surface area contributed by atoms with E-state index in [2.05, 4.69) is 0 Å². The van der Waals surface area contributed by atoms with Crippen molar-refractivity contribution in [3.8, 4) is 0 Å². The van der Waals surface area contributed by atoms with Crippen LogP contribution in [0.5, 0.6) is 0 Å². The fraction of sp³-hybridized carbons (Fsp3) is 0.409. The van der Waals surface area contributed by atoms with Gasteiger partial charge in [-0.25, -0.2) is 8.42 Å². The lowest BCUT2D eigenvalue weighted by molar-refractivity contribution is -0.384. The van der Waals surface area contributed by atoms with Gasteiger partial charge in [-0.05, 0) is 55.9 Å². The quantitative estimate of drug-likeness (QED) is 0.533. The third kappa shape index (κ3) is 4.07. The van der Waals surface area contributed by atoms with Crippen LogP contribution in [0.4, 0.5) is 11.4 Å². The summed E-state index contributed by atoms with van der Waals surface area (Å²) in [5.74, 6) is -0.439. The number of amides is 1. The number of carbonyl (C=O) groups is 1. The van der Waals surface area contributed by atoms with Gasteiger partial charge in [-0.3, -0.25) is 14.9 Å². The SMILES string of the molecule is Cc1cccc2c1N(C(=O)C1CCCN(S(=O)(=O)c3ccc([N+](=O)[O-])cc3)C1)CCC2. The minimum absolute atomic E-state index is 0.00496. The van der Waals surface area contributed by atoms with E-state index >= 15 is 0 Å². The second-order valence-electron chi connectivity index (χ2n) is 8.13. The molecule has 0 aliphatic carbocycles. The molecule has 0 aromatic heterocycles. The molecule has 2 aliphatic heterocycles. The molecule has 2 aromatic carbocycles. The van der Waals surface area contributed by atoms with Crippen LogP contribution in [0.15, 0.2) is 47.4 Å². The van der Waals surface area contributed by atoms with Crippen LogP contribution in [0.1, 0.15) is 30.4 Å². The molecule has 1 fully saturated rings. The van der Waals surface area contributed by atoms with E-state index < -0.39 is 20.9 Å². The van der Waals surface area contributed by atoms with Crippen LogP contribution in [0.25, 0.3) is 0 Å². The number of nitro benzene ring substituents is 1. The highest BCUT2D eigenvalue weighted by atomic mass is 32.2. The Morgan fingerprint density at radius 2 is 1.84 bits per heavy atom. The molecule has 2 aromatic rings. The van der Waals surface area contributed by atoms with Gasteiger partial charge in [0, 0.05) is 37.5 Å². The summed E-state index contributed by atoms with van der Waals surface area (Å²) in [5.41, 5.74) is 3.02. The Bertz CT molecular complexity index is 1110. The molecule has 1 saturated heterocycles. The Labute approximate surface area is 181 Å². The molecule has 2 heterocycles. The monoisotopic (exact) mass is 443 g/mol. The van der Waals surface area contributed by atoms with Gasteiger partial charge >= 0.3 is 0 Å². The molecule has 8 nitrogen and oxygen atoms in total. The fourth-order valence-electron chi connectivity index (χ4n) is 4.54. The average molecular weight is 444 g/mol. The molecule has 0 bridgehead atoms. The van der Waals surface area contributed by atoms with Gasteiger partial charge in [0.1, 0.15) is 0 Å². The Balaban J connectivity index is 1.55. The predicted octanol–water partition coefficient (Wildman–Crippen LogP) is 3.28. The lowest BCUT2D eigenvalue weighted by atomic mass is 9.93. The molecular weight excluding hydrogens is 418 g/mol. The highest BCUT2D eigenvalue weighted by Crippen LogP contribution is 2.33. The molecule has 1 atom stereocenters. The number of hydrogen-bond acceptors (Lipinski definition) is 5. The van der Waals surface area contributed by atoms with E-state index in [1.807, 2.05) is 30.0 Å². The molecule has 4 rings (SSSR count). The Kier molecular flexibility index (Phi) is 5.81. The molecule has 0 N–H and O–H groups in total. The van der Waals surface area contributed by atoms with E-state index in [0.717, 1.165) is 29.7 Å². The number of benzene rings is 2. The van der Waals surface area contributed by atoms with Gasteiger partial charge in [0.05, 0.1) is 15.7 Å². The summed E-state index contributed by atoms with van der Waals surface area (Å²) in [6, 6.07) is 10.9. The first-order valence-corrected chi connectivity index (χ1v) is 11.9. The summed E-state index contributed by atoms with van der Waals surface area (Å²) in [5, 5.41) is 10.8. The molecule has 9 heteroatoms. The molecule has 0 spiro atoms. The van der Waals surface area contributed by atoms with E-state index in [9.17, 15) is 23.3 Å². The first kappa shape index (κ1) is 21.5. The number of piperidine rings is 1. The molecular formula is C22H25N3O5S. The molecule has 2 aliphatic rings. The third-order valence-electron chi connectivity index (χ3n) is 6.10. The van der Waals surface area contributed by atoms with Crippen molar-refractivity contribution >= 4 is 27.3 Å². The van der Waals surface area contributed by atoms with Crippen LogP contribution in [-0.4, -0.2) is 43.2 Å². The molecule has 1 amide bonds. The van der Waals surface area contributed by atoms with Gasteiger partial charge in [0.25, 0.3) is 5.69 Å². The number of carbonyl (C=O) groups excluding carboxylic acids is 1. The number of nitro groups is 1. The maximum atomic E-state index is 13.4. The van der Waals surface area contributed by atoms with Gasteiger partial charge in [-0.1, -0.05) is 18.2 Å². The van der Waals surface area contributed by atoms with E-state index in [1.54, 1.807) is 0 Å². The normalized spacial score (nSPS) is 19.6. The first-order valence-electron chi connectivity index (χ1n) is 10.4. The van der Waals surface area contributed by atoms with E-state index in [4.69, 9.17) is 0 Å². The van der Waals surface area contributed by atoms with Crippen molar-refractivity contribution < 1.29 is 18.1 Å². The fourth-order valence-corrected chi connectivity index (χ4v) is 6.06. The Morgan fingerprint density at radius 3 is 2.55 bits per heavy atom. The van der Waals surface area contributed by atoms with Crippen molar-refractivity contribution in [1.29, 1.82) is 0 Å². The summed E-state index contributed by atoms with van der Waals surface area (Å²) < 4.78 is 27.5. The van der Waals surface area contributed by atoms with E-state index in [1.165, 1.54) is 28.6 Å². The van der Waals surface area contributed by atoms with Gasteiger partial charge in [-0.2, -0.15) is 4.31 Å².